The molecule has 2 bridgehead atoms. The van der Waals surface area contributed by atoms with Gasteiger partial charge in [0, 0.05) is 115 Å². The Kier molecular flexibility index (Phi) is 15.4. The second kappa shape index (κ2) is 23.0. The fourth-order valence-corrected chi connectivity index (χ4v) is 15.1. The molecule has 7 fully saturated rings. The van der Waals surface area contributed by atoms with E-state index in [1.807, 2.05) is 31.7 Å². The van der Waals surface area contributed by atoms with Gasteiger partial charge in [0.2, 0.25) is 11.8 Å². The lowest BCUT2D eigenvalue weighted by atomic mass is 9.95. The van der Waals surface area contributed by atoms with E-state index in [-0.39, 0.29) is 76.9 Å². The van der Waals surface area contributed by atoms with Crippen LogP contribution in [-0.2, 0) is 26.1 Å². The molecule has 10 heterocycles. The first-order chi connectivity index (χ1) is 41.5. The van der Waals surface area contributed by atoms with Gasteiger partial charge in [0.1, 0.15) is 46.8 Å². The Hall–Kier alpha value is -7.45. The molecule has 86 heavy (non-hydrogen) atoms. The molecule has 0 spiro atoms. The highest BCUT2D eigenvalue weighted by molar-refractivity contribution is 6.03. The number of carbonyl (C=O) groups is 3. The molecule has 5 atom stereocenters. The smallest absolute Gasteiger partial charge is 0.410 e. The number of imidazole rings is 1. The van der Waals surface area contributed by atoms with Crippen molar-refractivity contribution in [2.24, 2.45) is 13.0 Å². The molecule has 22 heteroatoms. The van der Waals surface area contributed by atoms with Crippen LogP contribution in [0.25, 0.3) is 44.0 Å². The summed E-state index contributed by atoms with van der Waals surface area (Å²) >= 11 is 0. The van der Waals surface area contributed by atoms with Crippen LogP contribution in [0.1, 0.15) is 96.6 Å². The van der Waals surface area contributed by atoms with Gasteiger partial charge in [0.05, 0.1) is 39.6 Å². The first kappa shape index (κ1) is 57.6. The highest BCUT2D eigenvalue weighted by Gasteiger charge is 2.51. The molecule has 7 saturated heterocycles. The van der Waals surface area contributed by atoms with Gasteiger partial charge in [0.25, 0.3) is 0 Å². The summed E-state index contributed by atoms with van der Waals surface area (Å²) in [6, 6.07) is 11.6. The molecule has 0 saturated carbocycles. The average Bonchev–Trinajstić information content (AvgIpc) is 4.38. The SMILES string of the molecule is C#Cc1c(F)ccc2cc(OCOC)cc(-c3ncc4c(N5CC6CCC(C5)N6C(=O)OC(C)(C)C)nc(OC[C@]56CCCN5[C@H](CN5CCN(CC7CCN(c8ccc9c(c8)n(C)c(=O)n9C8CCC(=O)NC8=O)CC7)CC5)CC6)nc4c3F)c12. The van der Waals surface area contributed by atoms with E-state index in [9.17, 15) is 19.2 Å². The summed E-state index contributed by atoms with van der Waals surface area (Å²) < 4.78 is 60.1. The number of imide groups is 1. The van der Waals surface area contributed by atoms with Crippen molar-refractivity contribution in [2.75, 3.05) is 102 Å². The molecule has 7 aliphatic heterocycles. The van der Waals surface area contributed by atoms with E-state index in [0.29, 0.717) is 71.3 Å². The normalized spacial score (nSPS) is 24.3. The van der Waals surface area contributed by atoms with Crippen molar-refractivity contribution in [1.29, 1.82) is 0 Å². The Morgan fingerprint density at radius 2 is 1.60 bits per heavy atom. The molecule has 3 amide bonds. The second-order valence-electron chi connectivity index (χ2n) is 25.8. The summed E-state index contributed by atoms with van der Waals surface area (Å²) in [6.45, 7) is 15.6. The topological polar surface area (TPSA) is 185 Å². The van der Waals surface area contributed by atoms with Crippen LogP contribution in [0.5, 0.6) is 11.8 Å². The quantitative estimate of drug-likeness (QED) is 0.0655. The number of anilines is 2. The fourth-order valence-electron chi connectivity index (χ4n) is 15.1. The number of carbonyl (C=O) groups excluding carboxylic acids is 3. The minimum absolute atomic E-state index is 0.00718. The van der Waals surface area contributed by atoms with Crippen LogP contribution in [0.2, 0.25) is 0 Å². The number of piperidine rings is 2. The molecule has 3 aromatic heterocycles. The number of aryl methyl sites for hydroxylation is 1. The zero-order valence-corrected chi connectivity index (χ0v) is 49.8. The van der Waals surface area contributed by atoms with Crippen LogP contribution >= 0.6 is 0 Å². The van der Waals surface area contributed by atoms with Gasteiger partial charge in [-0.2, -0.15) is 9.97 Å². The number of aromatic nitrogens is 5. The number of ether oxygens (including phenoxy) is 4. The molecule has 1 N–H and O–H groups in total. The molecule has 0 radical (unpaired) electrons. The third kappa shape index (κ3) is 10.8. The van der Waals surface area contributed by atoms with Gasteiger partial charge in [-0.05, 0) is 133 Å². The number of hydrogen-bond donors (Lipinski definition) is 1. The monoisotopic (exact) mass is 1180 g/mol. The summed E-state index contributed by atoms with van der Waals surface area (Å²) in [5.41, 5.74) is 1.49. The predicted octanol–water partition coefficient (Wildman–Crippen LogP) is 7.22. The lowest BCUT2D eigenvalue weighted by molar-refractivity contribution is -0.135. The maximum atomic E-state index is 17.8. The van der Waals surface area contributed by atoms with Crippen LogP contribution in [0, 0.1) is 29.9 Å². The largest absolute Gasteiger partial charge is 0.468 e. The van der Waals surface area contributed by atoms with E-state index >= 15 is 8.78 Å². The van der Waals surface area contributed by atoms with Crippen LogP contribution in [0.4, 0.5) is 25.1 Å². The van der Waals surface area contributed by atoms with Crippen LogP contribution in [0.3, 0.4) is 0 Å². The van der Waals surface area contributed by atoms with Gasteiger partial charge in [-0.25, -0.2) is 18.4 Å². The molecule has 3 aromatic carbocycles. The number of terminal acetylenes is 1. The Balaban J connectivity index is 0.684. The number of nitrogens with zero attached hydrogens (tertiary/aromatic N) is 11. The first-order valence-corrected chi connectivity index (χ1v) is 30.6. The summed E-state index contributed by atoms with van der Waals surface area (Å²) in [7, 11) is 3.24. The molecule has 13 rings (SSSR count). The van der Waals surface area contributed by atoms with E-state index < -0.39 is 29.2 Å². The number of hydrogen-bond acceptors (Lipinski definition) is 16. The molecule has 454 valence electrons. The number of methoxy groups -OCH3 is 1. The molecule has 7 aliphatic rings. The molecule has 3 unspecified atom stereocenters. The molecular weight excluding hydrogens is 1100 g/mol. The zero-order chi connectivity index (χ0) is 59.8. The highest BCUT2D eigenvalue weighted by atomic mass is 19.1. The number of pyridine rings is 1. The van der Waals surface area contributed by atoms with Gasteiger partial charge < -0.3 is 33.6 Å². The Labute approximate surface area is 498 Å². The maximum Gasteiger partial charge on any atom is 0.410 e. The summed E-state index contributed by atoms with van der Waals surface area (Å²) in [5, 5.41) is 3.61. The number of amides is 3. The van der Waals surface area contributed by atoms with E-state index in [4.69, 9.17) is 40.3 Å². The predicted molar refractivity (Wildman–Crippen MR) is 321 cm³/mol. The third-order valence-corrected chi connectivity index (χ3v) is 19.3. The lowest BCUT2D eigenvalue weighted by Crippen LogP contribution is -2.57. The minimum atomic E-state index is -0.751. The van der Waals surface area contributed by atoms with Crippen molar-refractivity contribution in [3.8, 4) is 35.4 Å². The average molecular weight is 1180 g/mol. The van der Waals surface area contributed by atoms with Gasteiger partial charge in [-0.3, -0.25) is 43.7 Å². The Morgan fingerprint density at radius 3 is 2.33 bits per heavy atom. The van der Waals surface area contributed by atoms with Crippen molar-refractivity contribution >= 4 is 62.1 Å². The van der Waals surface area contributed by atoms with Crippen molar-refractivity contribution in [3.05, 3.63) is 76.3 Å². The maximum absolute atomic E-state index is 17.8. The Morgan fingerprint density at radius 1 is 0.849 bits per heavy atom. The van der Waals surface area contributed by atoms with Gasteiger partial charge in [0.15, 0.2) is 12.6 Å². The first-order valence-electron chi connectivity index (χ1n) is 30.6. The van der Waals surface area contributed by atoms with Crippen LogP contribution < -0.4 is 30.3 Å². The van der Waals surface area contributed by atoms with Crippen molar-refractivity contribution in [2.45, 2.75) is 120 Å². The van der Waals surface area contributed by atoms with E-state index in [1.54, 1.807) is 36.0 Å². The van der Waals surface area contributed by atoms with Crippen molar-refractivity contribution in [3.63, 3.8) is 0 Å². The minimum Gasteiger partial charge on any atom is -0.468 e. The number of halogens is 2. The number of benzene rings is 3. The van der Waals surface area contributed by atoms with E-state index in [1.165, 1.54) is 17.7 Å². The van der Waals surface area contributed by atoms with Crippen molar-refractivity contribution in [1.82, 2.24) is 49.0 Å². The summed E-state index contributed by atoms with van der Waals surface area (Å²) in [5.74, 6) is 1.77. The standard InChI is InChI=1S/C64H76F2N12O8/c1-7-46-49(65)13-9-40-29-45(85-38-83-6)31-47(54(40)46)56-55(66)57-48(32-67-56)58(75-35-43-10-11-44(36-75)77(43)62(82)86-63(2,3)4)70-60(69-57)84-37-64-20-8-22-76(64)42(17-21-64)34-73-27-25-72(26-28-73)33-39-18-23-74(24-19-39)41-12-14-50-52(30-41)71(5)61(81)78(50)51-15-16-53(79)68-59(51)80/h1,9,12-14,29-32,39,42-44,51H,8,10-11,15-28,33-38H2,2-6H3,(H,68,79,80)/t42-,43?,44?,51?,64+/m0/s1. The molecule has 0 aliphatic carbocycles. The lowest BCUT2D eigenvalue weighted by Gasteiger charge is -2.42. The van der Waals surface area contributed by atoms with Gasteiger partial charge in [-0.15, -0.1) is 6.42 Å². The highest BCUT2D eigenvalue weighted by Crippen LogP contribution is 2.45. The van der Waals surface area contributed by atoms with E-state index in [0.717, 1.165) is 121 Å². The molecule has 20 nitrogen and oxygen atoms in total. The fraction of sp³-hybridized carbons (Fsp3) is 0.547. The Bertz CT molecular complexity index is 3740. The zero-order valence-electron chi connectivity index (χ0n) is 49.8. The van der Waals surface area contributed by atoms with Crippen molar-refractivity contribution < 1.29 is 42.1 Å². The number of nitrogens with one attached hydrogen (secondary N) is 1. The van der Waals surface area contributed by atoms with Gasteiger partial charge >= 0.3 is 17.8 Å². The number of rotatable bonds is 14. The molecular formula is C64H76F2N12O8. The van der Waals surface area contributed by atoms with Crippen LogP contribution in [0.15, 0.2) is 53.5 Å². The third-order valence-electron chi connectivity index (χ3n) is 19.3. The summed E-state index contributed by atoms with van der Waals surface area (Å²) in [6.07, 6.45) is 15.4. The second-order valence-corrected chi connectivity index (χ2v) is 25.8. The van der Waals surface area contributed by atoms with E-state index in [2.05, 4.69) is 47.9 Å². The number of fused-ring (bicyclic) bond motifs is 6. The molecule has 6 aromatic rings. The summed E-state index contributed by atoms with van der Waals surface area (Å²) in [4.78, 5) is 80.5. The van der Waals surface area contributed by atoms with Crippen LogP contribution in [-0.4, -0.2) is 183 Å². The van der Waals surface area contributed by atoms with Gasteiger partial charge in [-0.1, -0.05) is 12.0 Å². The number of piperazine rings is 2.